The fourth-order valence-electron chi connectivity index (χ4n) is 3.42. The molecule has 0 amide bonds. The number of benzene rings is 2. The summed E-state index contributed by atoms with van der Waals surface area (Å²) in [4.78, 5) is 14.9. The fourth-order valence-corrected chi connectivity index (χ4v) is 3.42. The van der Waals surface area contributed by atoms with Crippen molar-refractivity contribution < 1.29 is 13.9 Å². The van der Waals surface area contributed by atoms with Crippen molar-refractivity contribution in [3.05, 3.63) is 52.9 Å². The first-order valence-electron chi connectivity index (χ1n) is 8.95. The summed E-state index contributed by atoms with van der Waals surface area (Å²) in [6.07, 6.45) is 0. The van der Waals surface area contributed by atoms with Gasteiger partial charge in [-0.05, 0) is 35.9 Å². The van der Waals surface area contributed by atoms with Gasteiger partial charge in [0.2, 0.25) is 0 Å². The molecule has 0 atom stereocenters. The Morgan fingerprint density at radius 3 is 2.48 bits per heavy atom. The van der Waals surface area contributed by atoms with Crippen molar-refractivity contribution in [2.75, 3.05) is 45.3 Å². The van der Waals surface area contributed by atoms with Crippen LogP contribution in [0.4, 0.5) is 5.69 Å². The molecule has 3 aromatic rings. The van der Waals surface area contributed by atoms with Gasteiger partial charge in [-0.1, -0.05) is 6.07 Å². The molecule has 6 nitrogen and oxygen atoms in total. The summed E-state index contributed by atoms with van der Waals surface area (Å²) in [5.74, 6) is 1.19. The van der Waals surface area contributed by atoms with Crippen molar-refractivity contribution in [2.24, 2.45) is 0 Å². The minimum Gasteiger partial charge on any atom is -0.493 e. The molecule has 140 valence electrons. The van der Waals surface area contributed by atoms with Gasteiger partial charge in [-0.25, -0.2) is 4.79 Å². The molecule has 0 radical (unpaired) electrons. The second-order valence-corrected chi connectivity index (χ2v) is 6.48. The summed E-state index contributed by atoms with van der Waals surface area (Å²) in [5.41, 5.74) is 2.53. The Balaban J connectivity index is 1.75. The van der Waals surface area contributed by atoms with Gasteiger partial charge in [-0.3, -0.25) is 0 Å². The van der Waals surface area contributed by atoms with Crippen molar-refractivity contribution in [3.8, 4) is 22.6 Å². The van der Waals surface area contributed by atoms with Crippen LogP contribution in [0.3, 0.4) is 0 Å². The van der Waals surface area contributed by atoms with Gasteiger partial charge in [0.15, 0.2) is 11.5 Å². The van der Waals surface area contributed by atoms with Crippen LogP contribution in [-0.4, -0.2) is 40.4 Å². The van der Waals surface area contributed by atoms with E-state index in [0.29, 0.717) is 22.6 Å². The number of rotatable bonds is 4. The van der Waals surface area contributed by atoms with Crippen LogP contribution >= 0.6 is 0 Å². The molecule has 1 fully saturated rings. The lowest BCUT2D eigenvalue weighted by Crippen LogP contribution is -2.43. The van der Waals surface area contributed by atoms with E-state index in [1.807, 2.05) is 24.3 Å². The van der Waals surface area contributed by atoms with E-state index in [4.69, 9.17) is 13.9 Å². The van der Waals surface area contributed by atoms with Gasteiger partial charge in [0.25, 0.3) is 0 Å². The van der Waals surface area contributed by atoms with Crippen LogP contribution in [0.5, 0.6) is 11.5 Å². The van der Waals surface area contributed by atoms with E-state index in [2.05, 4.69) is 16.3 Å². The monoisotopic (exact) mass is 366 g/mol. The second-order valence-electron chi connectivity index (χ2n) is 6.48. The number of ether oxygens (including phenoxy) is 2. The van der Waals surface area contributed by atoms with Crippen LogP contribution in [0, 0.1) is 0 Å². The topological polar surface area (TPSA) is 63.9 Å². The Labute approximate surface area is 157 Å². The molecular formula is C21H22N2O4. The lowest BCUT2D eigenvalue weighted by molar-refractivity contribution is 0.355. The summed E-state index contributed by atoms with van der Waals surface area (Å²) in [6.45, 7) is 3.80. The first kappa shape index (κ1) is 17.4. The molecule has 27 heavy (non-hydrogen) atoms. The second kappa shape index (κ2) is 7.32. The molecule has 1 aliphatic rings. The van der Waals surface area contributed by atoms with Crippen LogP contribution < -0.4 is 25.3 Å². The minimum atomic E-state index is -0.368. The van der Waals surface area contributed by atoms with Crippen LogP contribution in [-0.2, 0) is 0 Å². The van der Waals surface area contributed by atoms with Gasteiger partial charge >= 0.3 is 5.63 Å². The van der Waals surface area contributed by atoms with Gasteiger partial charge in [0.05, 0.1) is 19.8 Å². The van der Waals surface area contributed by atoms with Crippen LogP contribution in [0.2, 0.25) is 0 Å². The van der Waals surface area contributed by atoms with Crippen LogP contribution in [0.25, 0.3) is 22.1 Å². The molecule has 4 rings (SSSR count). The average Bonchev–Trinajstić information content (AvgIpc) is 2.73. The molecule has 1 N–H and O–H groups in total. The highest BCUT2D eigenvalue weighted by atomic mass is 16.5. The van der Waals surface area contributed by atoms with Gasteiger partial charge < -0.3 is 24.1 Å². The predicted molar refractivity (Wildman–Crippen MR) is 106 cm³/mol. The highest BCUT2D eigenvalue weighted by Gasteiger charge is 2.14. The van der Waals surface area contributed by atoms with E-state index >= 15 is 0 Å². The Bertz CT molecular complexity index is 1020. The molecule has 0 aliphatic carbocycles. The highest BCUT2D eigenvalue weighted by Crippen LogP contribution is 2.32. The summed E-state index contributed by atoms with van der Waals surface area (Å²) in [6, 6.07) is 13.3. The number of piperazine rings is 1. The number of hydrogen-bond acceptors (Lipinski definition) is 6. The van der Waals surface area contributed by atoms with E-state index in [-0.39, 0.29) is 5.63 Å². The van der Waals surface area contributed by atoms with E-state index in [1.165, 1.54) is 0 Å². The highest BCUT2D eigenvalue weighted by molar-refractivity contribution is 5.84. The lowest BCUT2D eigenvalue weighted by Gasteiger charge is -2.29. The molecule has 0 spiro atoms. The molecule has 0 bridgehead atoms. The SMILES string of the molecule is COc1ccc(-c2cc3ccc(N4CCNCC4)cc3oc2=O)cc1OC. The first-order valence-corrected chi connectivity index (χ1v) is 8.95. The number of fused-ring (bicyclic) bond motifs is 1. The van der Waals surface area contributed by atoms with Crippen molar-refractivity contribution in [3.63, 3.8) is 0 Å². The number of nitrogens with zero attached hydrogens (tertiary/aromatic N) is 1. The molecule has 0 saturated carbocycles. The molecular weight excluding hydrogens is 344 g/mol. The number of anilines is 1. The summed E-state index contributed by atoms with van der Waals surface area (Å²) in [5, 5.41) is 4.23. The maximum absolute atomic E-state index is 12.6. The molecule has 6 heteroatoms. The van der Waals surface area contributed by atoms with Crippen molar-refractivity contribution >= 4 is 16.7 Å². The predicted octanol–water partition coefficient (Wildman–Crippen LogP) is 2.89. The third kappa shape index (κ3) is 3.36. The summed E-state index contributed by atoms with van der Waals surface area (Å²) >= 11 is 0. The third-order valence-electron chi connectivity index (χ3n) is 4.90. The van der Waals surface area contributed by atoms with Gasteiger partial charge in [-0.2, -0.15) is 0 Å². The Morgan fingerprint density at radius 2 is 1.74 bits per heavy atom. The Morgan fingerprint density at radius 1 is 0.963 bits per heavy atom. The molecule has 1 aromatic heterocycles. The van der Waals surface area contributed by atoms with E-state index in [0.717, 1.165) is 42.8 Å². The average molecular weight is 366 g/mol. The largest absolute Gasteiger partial charge is 0.493 e. The van der Waals surface area contributed by atoms with Crippen molar-refractivity contribution in [1.29, 1.82) is 0 Å². The maximum Gasteiger partial charge on any atom is 0.344 e. The molecule has 0 unspecified atom stereocenters. The maximum atomic E-state index is 12.6. The van der Waals surface area contributed by atoms with E-state index in [1.54, 1.807) is 26.4 Å². The van der Waals surface area contributed by atoms with Gasteiger partial charge in [-0.15, -0.1) is 0 Å². The van der Waals surface area contributed by atoms with Crippen molar-refractivity contribution in [1.82, 2.24) is 5.32 Å². The van der Waals surface area contributed by atoms with Crippen LogP contribution in [0.1, 0.15) is 0 Å². The molecule has 2 aromatic carbocycles. The number of nitrogens with one attached hydrogen (secondary N) is 1. The van der Waals surface area contributed by atoms with E-state index in [9.17, 15) is 4.79 Å². The minimum absolute atomic E-state index is 0.368. The Hall–Kier alpha value is -2.99. The third-order valence-corrected chi connectivity index (χ3v) is 4.90. The molecule has 2 heterocycles. The first-order chi connectivity index (χ1) is 13.2. The van der Waals surface area contributed by atoms with E-state index < -0.39 is 0 Å². The van der Waals surface area contributed by atoms with Gasteiger partial charge in [0.1, 0.15) is 5.58 Å². The standard InChI is InChI=1S/C21H22N2O4/c1-25-18-6-4-14(12-20(18)26-2)17-11-15-3-5-16(13-19(15)27-21(17)24)23-9-7-22-8-10-23/h3-6,11-13,22H,7-10H2,1-2H3. The van der Waals surface area contributed by atoms with Gasteiger partial charge in [0, 0.05) is 43.3 Å². The zero-order valence-electron chi connectivity index (χ0n) is 15.5. The quantitative estimate of drug-likeness (QED) is 0.717. The summed E-state index contributed by atoms with van der Waals surface area (Å²) < 4.78 is 16.2. The number of methoxy groups -OCH3 is 2. The zero-order valence-corrected chi connectivity index (χ0v) is 15.5. The summed E-state index contributed by atoms with van der Waals surface area (Å²) in [7, 11) is 3.15. The zero-order chi connectivity index (χ0) is 18.8. The number of hydrogen-bond donors (Lipinski definition) is 1. The lowest BCUT2D eigenvalue weighted by atomic mass is 10.0. The molecule has 1 saturated heterocycles. The fraction of sp³-hybridized carbons (Fsp3) is 0.286. The van der Waals surface area contributed by atoms with Crippen LogP contribution in [0.15, 0.2) is 51.7 Å². The normalized spacial score (nSPS) is 14.4. The smallest absolute Gasteiger partial charge is 0.344 e. The molecule has 1 aliphatic heterocycles. The van der Waals surface area contributed by atoms with Crippen molar-refractivity contribution in [2.45, 2.75) is 0 Å². The Kier molecular flexibility index (Phi) is 4.73.